The average molecular weight is 451 g/mol. The number of nitrogens with zero attached hydrogens (tertiary/aromatic N) is 1. The first-order valence-electron chi connectivity index (χ1n) is 9.91. The lowest BCUT2D eigenvalue weighted by Gasteiger charge is -2.25. The molecule has 0 aromatic heterocycles. The van der Waals surface area contributed by atoms with E-state index in [1.807, 2.05) is 13.0 Å². The van der Waals surface area contributed by atoms with Crippen LogP contribution in [0.15, 0.2) is 36.4 Å². The number of benzene rings is 2. The smallest absolute Gasteiger partial charge is 0.241 e. The molecule has 8 heteroatoms. The van der Waals surface area contributed by atoms with Crippen LogP contribution in [0.4, 0.5) is 5.69 Å². The highest BCUT2D eigenvalue weighted by Crippen LogP contribution is 2.32. The Kier molecular flexibility index (Phi) is 6.93. The molecule has 0 aliphatic heterocycles. The topological polar surface area (TPSA) is 75.7 Å². The maximum Gasteiger partial charge on any atom is 0.241 e. The molecule has 1 aliphatic carbocycles. The van der Waals surface area contributed by atoms with Gasteiger partial charge in [0, 0.05) is 5.02 Å². The predicted octanol–water partition coefficient (Wildman–Crippen LogP) is 3.87. The Bertz CT molecular complexity index is 1040. The third-order valence-electron chi connectivity index (χ3n) is 5.35. The van der Waals surface area contributed by atoms with E-state index in [1.54, 1.807) is 12.1 Å². The van der Waals surface area contributed by atoms with Crippen LogP contribution in [0.25, 0.3) is 0 Å². The highest BCUT2D eigenvalue weighted by molar-refractivity contribution is 7.92. The van der Waals surface area contributed by atoms with Crippen LogP contribution in [0.5, 0.6) is 5.75 Å². The Morgan fingerprint density at radius 1 is 1.17 bits per heavy atom. The highest BCUT2D eigenvalue weighted by atomic mass is 35.5. The van der Waals surface area contributed by atoms with Crippen molar-refractivity contribution in [3.05, 3.63) is 58.1 Å². The Balaban J connectivity index is 1.78. The molecular weight excluding hydrogens is 424 g/mol. The molecule has 0 saturated carbocycles. The zero-order valence-electron chi connectivity index (χ0n) is 17.4. The minimum atomic E-state index is -3.74. The lowest BCUT2D eigenvalue weighted by atomic mass is 9.89. The summed E-state index contributed by atoms with van der Waals surface area (Å²) in [4.78, 5) is 12.7. The number of ether oxygens (including phenoxy) is 1. The molecule has 0 bridgehead atoms. The van der Waals surface area contributed by atoms with Gasteiger partial charge >= 0.3 is 0 Å². The first-order chi connectivity index (χ1) is 14.2. The quantitative estimate of drug-likeness (QED) is 0.694. The van der Waals surface area contributed by atoms with E-state index in [0.717, 1.165) is 29.0 Å². The molecule has 2 aromatic rings. The number of halogens is 1. The molecule has 3 rings (SSSR count). The second-order valence-electron chi connectivity index (χ2n) is 7.61. The van der Waals surface area contributed by atoms with Crippen LogP contribution in [0, 0.1) is 0 Å². The van der Waals surface area contributed by atoms with E-state index in [1.165, 1.54) is 37.1 Å². The number of nitrogens with one attached hydrogen (secondary N) is 1. The summed E-state index contributed by atoms with van der Waals surface area (Å²) in [5.41, 5.74) is 3.94. The van der Waals surface area contributed by atoms with Gasteiger partial charge in [-0.2, -0.15) is 0 Å². The third-order valence-corrected chi connectivity index (χ3v) is 6.71. The normalized spacial score (nSPS) is 14.5. The van der Waals surface area contributed by atoms with Gasteiger partial charge in [-0.15, -0.1) is 0 Å². The standard InChI is InChI=1S/C22H27ClN2O4S/c1-15(17-9-8-16-6-4-5-7-18(16)12-17)24-22(26)14-25(30(3,27)28)20-13-19(23)10-11-21(20)29-2/h8-13,15H,4-7,14H2,1-3H3,(H,24,26)/t15-/m0/s1. The molecular formula is C22H27ClN2O4S. The van der Waals surface area contributed by atoms with E-state index < -0.39 is 15.9 Å². The molecule has 0 radical (unpaired) electrons. The number of carbonyl (C=O) groups is 1. The van der Waals surface area contributed by atoms with Crippen LogP contribution in [0.2, 0.25) is 5.02 Å². The van der Waals surface area contributed by atoms with Gasteiger partial charge in [0.1, 0.15) is 12.3 Å². The number of methoxy groups -OCH3 is 1. The summed E-state index contributed by atoms with van der Waals surface area (Å²) < 4.78 is 31.1. The van der Waals surface area contributed by atoms with Gasteiger partial charge in [0.15, 0.2) is 0 Å². The molecule has 2 aromatic carbocycles. The van der Waals surface area contributed by atoms with Gasteiger partial charge in [0.25, 0.3) is 0 Å². The van der Waals surface area contributed by atoms with Crippen molar-refractivity contribution in [2.24, 2.45) is 0 Å². The second-order valence-corrected chi connectivity index (χ2v) is 9.95. The van der Waals surface area contributed by atoms with Gasteiger partial charge in [-0.05, 0) is 67.5 Å². The fraction of sp³-hybridized carbons (Fsp3) is 0.409. The number of hydrogen-bond donors (Lipinski definition) is 1. The number of amides is 1. The van der Waals surface area contributed by atoms with Crippen molar-refractivity contribution >= 4 is 33.2 Å². The van der Waals surface area contributed by atoms with Crippen molar-refractivity contribution in [2.45, 2.75) is 38.6 Å². The van der Waals surface area contributed by atoms with E-state index in [9.17, 15) is 13.2 Å². The summed E-state index contributed by atoms with van der Waals surface area (Å²) in [5.74, 6) is -0.0898. The van der Waals surface area contributed by atoms with E-state index in [0.29, 0.717) is 10.8 Å². The maximum atomic E-state index is 12.7. The minimum Gasteiger partial charge on any atom is -0.495 e. The molecule has 6 nitrogen and oxygen atoms in total. The zero-order valence-corrected chi connectivity index (χ0v) is 19.0. The Hall–Kier alpha value is -2.25. The van der Waals surface area contributed by atoms with E-state index >= 15 is 0 Å². The number of sulfonamides is 1. The number of aryl methyl sites for hydroxylation is 2. The lowest BCUT2D eigenvalue weighted by molar-refractivity contribution is -0.120. The Morgan fingerprint density at radius 3 is 2.53 bits per heavy atom. The fourth-order valence-corrected chi connectivity index (χ4v) is 4.78. The van der Waals surface area contributed by atoms with Crippen molar-refractivity contribution in [1.82, 2.24) is 5.32 Å². The van der Waals surface area contributed by atoms with Crippen LogP contribution in [-0.2, 0) is 27.7 Å². The summed E-state index contributed by atoms with van der Waals surface area (Å²) in [6, 6.07) is 10.7. The van der Waals surface area contributed by atoms with Crippen LogP contribution >= 0.6 is 11.6 Å². The van der Waals surface area contributed by atoms with Crippen LogP contribution in [0.1, 0.15) is 42.5 Å². The van der Waals surface area contributed by atoms with Crippen LogP contribution in [0.3, 0.4) is 0 Å². The molecule has 0 saturated heterocycles. The monoisotopic (exact) mass is 450 g/mol. The average Bonchev–Trinajstić information content (AvgIpc) is 2.70. The SMILES string of the molecule is COc1ccc(Cl)cc1N(CC(=O)N[C@@H](C)c1ccc2c(c1)CCCC2)S(C)(=O)=O. The number of rotatable bonds is 7. The van der Waals surface area contributed by atoms with Gasteiger partial charge < -0.3 is 10.1 Å². The van der Waals surface area contributed by atoms with Gasteiger partial charge in [0.2, 0.25) is 15.9 Å². The maximum absolute atomic E-state index is 12.7. The second kappa shape index (κ2) is 9.27. The first-order valence-corrected chi connectivity index (χ1v) is 12.1. The van der Waals surface area contributed by atoms with Crippen LogP contribution < -0.4 is 14.4 Å². The molecule has 1 N–H and O–H groups in total. The highest BCUT2D eigenvalue weighted by Gasteiger charge is 2.25. The predicted molar refractivity (Wildman–Crippen MR) is 120 cm³/mol. The molecule has 1 amide bonds. The number of anilines is 1. The summed E-state index contributed by atoms with van der Waals surface area (Å²) >= 11 is 6.05. The fourth-order valence-electron chi connectivity index (χ4n) is 3.76. The Labute approximate surface area is 183 Å². The molecule has 30 heavy (non-hydrogen) atoms. The summed E-state index contributed by atoms with van der Waals surface area (Å²) in [5, 5.41) is 3.26. The lowest BCUT2D eigenvalue weighted by Crippen LogP contribution is -2.41. The van der Waals surface area contributed by atoms with Gasteiger partial charge in [0.05, 0.1) is 25.1 Å². The molecule has 0 fully saturated rings. The summed E-state index contributed by atoms with van der Waals surface area (Å²) in [6.07, 6.45) is 5.60. The summed E-state index contributed by atoms with van der Waals surface area (Å²) in [7, 11) is -2.31. The van der Waals surface area contributed by atoms with E-state index in [2.05, 4.69) is 17.4 Å². The number of hydrogen-bond acceptors (Lipinski definition) is 4. The third kappa shape index (κ3) is 5.26. The molecule has 0 unspecified atom stereocenters. The molecule has 0 heterocycles. The molecule has 1 atom stereocenters. The van der Waals surface area contributed by atoms with E-state index in [4.69, 9.17) is 16.3 Å². The van der Waals surface area contributed by atoms with Crippen molar-refractivity contribution in [1.29, 1.82) is 0 Å². The largest absolute Gasteiger partial charge is 0.495 e. The van der Waals surface area contributed by atoms with Crippen molar-refractivity contribution in [3.8, 4) is 5.75 Å². The van der Waals surface area contributed by atoms with Gasteiger partial charge in [-0.1, -0.05) is 29.8 Å². The molecule has 162 valence electrons. The summed E-state index contributed by atoms with van der Waals surface area (Å²) in [6.45, 7) is 1.53. The van der Waals surface area contributed by atoms with Crippen molar-refractivity contribution < 1.29 is 17.9 Å². The first kappa shape index (κ1) is 22.4. The zero-order chi connectivity index (χ0) is 21.9. The molecule has 0 spiro atoms. The van der Waals surface area contributed by atoms with Crippen molar-refractivity contribution in [2.75, 3.05) is 24.2 Å². The number of fused-ring (bicyclic) bond motifs is 1. The Morgan fingerprint density at radius 2 is 1.87 bits per heavy atom. The van der Waals surface area contributed by atoms with Gasteiger partial charge in [-0.25, -0.2) is 8.42 Å². The number of carbonyl (C=O) groups excluding carboxylic acids is 1. The van der Waals surface area contributed by atoms with Gasteiger partial charge in [-0.3, -0.25) is 9.10 Å². The van der Waals surface area contributed by atoms with Crippen molar-refractivity contribution in [3.63, 3.8) is 0 Å². The van der Waals surface area contributed by atoms with E-state index in [-0.39, 0.29) is 18.3 Å². The molecule has 1 aliphatic rings. The minimum absolute atomic E-state index is 0.226. The van der Waals surface area contributed by atoms with Crippen LogP contribution in [-0.4, -0.2) is 34.2 Å².